The van der Waals surface area contributed by atoms with Gasteiger partial charge < -0.3 is 30.3 Å². The normalized spacial score (nSPS) is 19.3. The third kappa shape index (κ3) is 8.25. The van der Waals surface area contributed by atoms with Gasteiger partial charge in [0.25, 0.3) is 0 Å². The van der Waals surface area contributed by atoms with E-state index in [1.807, 2.05) is 35.7 Å². The van der Waals surface area contributed by atoms with Crippen LogP contribution < -0.4 is 16.0 Å². The number of benzene rings is 2. The number of carbonyl (C=O) groups excluding carboxylic acids is 3. The molecule has 43 heavy (non-hydrogen) atoms. The van der Waals surface area contributed by atoms with E-state index < -0.39 is 22.4 Å². The van der Waals surface area contributed by atoms with Crippen LogP contribution in [-0.4, -0.2) is 108 Å². The Morgan fingerprint density at radius 1 is 1.14 bits per heavy atom. The number of carbonyl (C=O) groups is 3. The monoisotopic (exact) mass is 584 g/mol. The fourth-order valence-corrected chi connectivity index (χ4v) is 5.80. The van der Waals surface area contributed by atoms with Gasteiger partial charge in [-0.25, -0.2) is 4.39 Å². The zero-order valence-electron chi connectivity index (χ0n) is 27.1. The molecule has 3 N–H and O–H groups in total. The van der Waals surface area contributed by atoms with E-state index in [0.29, 0.717) is 28.9 Å². The summed E-state index contributed by atoms with van der Waals surface area (Å²) in [6, 6.07) is 9.97. The molecule has 0 aliphatic carbocycles. The summed E-state index contributed by atoms with van der Waals surface area (Å²) < 4.78 is 21.1. The number of halogens is 1. The summed E-state index contributed by atoms with van der Waals surface area (Å²) in [7, 11) is 12.3. The van der Waals surface area contributed by atoms with E-state index in [0.717, 1.165) is 24.9 Å². The summed E-state index contributed by atoms with van der Waals surface area (Å²) in [6.07, 6.45) is 1.15. The second kappa shape index (κ2) is 14.4. The smallest absolute Gasteiger partial charge is 0.235 e. The molecule has 1 heterocycles. The molecule has 1 saturated heterocycles. The number of likely N-dealkylation sites (N-methyl/N-ethyl adjacent to an activating group) is 1. The van der Waals surface area contributed by atoms with Crippen molar-refractivity contribution < 1.29 is 23.5 Å². The molecule has 0 bridgehead atoms. The van der Waals surface area contributed by atoms with E-state index in [1.54, 1.807) is 47.0 Å². The summed E-state index contributed by atoms with van der Waals surface area (Å²) in [5.74, 6) is -1.02. The Morgan fingerprint density at radius 3 is 2.35 bits per heavy atom. The highest BCUT2D eigenvalue weighted by Crippen LogP contribution is 2.43. The number of rotatable bonds is 13. The van der Waals surface area contributed by atoms with Crippen LogP contribution in [0, 0.1) is 5.82 Å². The van der Waals surface area contributed by atoms with Gasteiger partial charge in [-0.15, -0.1) is 0 Å². The molecule has 1 aliphatic rings. The average molecular weight is 584 g/mol. The number of ether oxygens (including phenoxy) is 1. The van der Waals surface area contributed by atoms with Crippen molar-refractivity contribution in [2.75, 3.05) is 25.5 Å². The maximum atomic E-state index is 15.3. The lowest BCUT2D eigenvalue weighted by molar-refractivity contribution is -0.123. The topological polar surface area (TPSA) is 99.8 Å². The van der Waals surface area contributed by atoms with E-state index >= 15 is 4.39 Å². The molecule has 0 spiro atoms. The third-order valence-corrected chi connectivity index (χ3v) is 9.01. The molecule has 3 rings (SSSR count). The van der Waals surface area contributed by atoms with Crippen LogP contribution in [0.5, 0.6) is 0 Å². The first-order chi connectivity index (χ1) is 20.1. The van der Waals surface area contributed by atoms with Gasteiger partial charge in [0, 0.05) is 56.0 Å². The van der Waals surface area contributed by atoms with Gasteiger partial charge in [0.1, 0.15) is 57.0 Å². The largest absolute Gasteiger partial charge is 0.381 e. The van der Waals surface area contributed by atoms with E-state index in [1.165, 1.54) is 7.85 Å². The van der Waals surface area contributed by atoms with E-state index in [4.69, 9.17) is 4.74 Å². The van der Waals surface area contributed by atoms with Crippen LogP contribution in [-0.2, 0) is 27.4 Å². The number of aldehydes is 1. The predicted octanol–water partition coefficient (Wildman–Crippen LogP) is -2.88. The van der Waals surface area contributed by atoms with Crippen LogP contribution >= 0.6 is 0 Å². The SMILES string of the molecule is BC(=O)c1cccc(NCc2ccc(CN3CC(C)OC(C)C3)cc2F)c1C(B)NC(C(=O)NC)C(B)(B)C(B)(B)C=O. The lowest BCUT2D eigenvalue weighted by atomic mass is 9.28. The molecule has 4 atom stereocenters. The molecular formula is C28H43B6FN4O4. The van der Waals surface area contributed by atoms with Gasteiger partial charge in [0.15, 0.2) is 7.85 Å². The van der Waals surface area contributed by atoms with Crippen LogP contribution in [0.2, 0.25) is 10.4 Å². The second-order valence-corrected chi connectivity index (χ2v) is 13.1. The Kier molecular flexibility index (Phi) is 11.6. The zero-order valence-corrected chi connectivity index (χ0v) is 27.1. The fraction of sp³-hybridized carbons (Fsp3) is 0.464. The Bertz CT molecular complexity index is 1320. The minimum absolute atomic E-state index is 0.126. The fourth-order valence-electron chi connectivity index (χ4n) is 5.80. The molecule has 8 nitrogen and oxygen atoms in total. The van der Waals surface area contributed by atoms with Gasteiger partial charge in [-0.2, -0.15) is 0 Å². The number of nitrogens with one attached hydrogen (secondary N) is 3. The third-order valence-electron chi connectivity index (χ3n) is 9.01. The number of hydrogen-bond donors (Lipinski definition) is 3. The van der Waals surface area contributed by atoms with Crippen molar-refractivity contribution in [3.05, 3.63) is 64.5 Å². The van der Waals surface area contributed by atoms with Gasteiger partial charge in [-0.05, 0) is 42.3 Å². The molecule has 0 radical (unpaired) electrons. The number of nitrogens with zero attached hydrogens (tertiary/aromatic N) is 1. The van der Waals surface area contributed by atoms with Crippen LogP contribution in [0.1, 0.15) is 46.8 Å². The van der Waals surface area contributed by atoms with Crippen molar-refractivity contribution in [1.82, 2.24) is 15.5 Å². The van der Waals surface area contributed by atoms with Crippen LogP contribution in [0.25, 0.3) is 0 Å². The molecule has 0 saturated carbocycles. The molecule has 15 heteroatoms. The Morgan fingerprint density at radius 2 is 1.79 bits per heavy atom. The highest BCUT2D eigenvalue weighted by molar-refractivity contribution is 6.62. The van der Waals surface area contributed by atoms with Crippen LogP contribution in [0.15, 0.2) is 36.4 Å². The number of anilines is 1. The van der Waals surface area contributed by atoms with Gasteiger partial charge in [0.2, 0.25) is 5.91 Å². The number of morpholine rings is 1. The van der Waals surface area contributed by atoms with Crippen molar-refractivity contribution in [2.24, 2.45) is 0 Å². The van der Waals surface area contributed by atoms with E-state index in [9.17, 15) is 14.4 Å². The van der Waals surface area contributed by atoms with Crippen molar-refractivity contribution in [3.63, 3.8) is 0 Å². The summed E-state index contributed by atoms with van der Waals surface area (Å²) in [4.78, 5) is 40.1. The summed E-state index contributed by atoms with van der Waals surface area (Å²) in [5, 5.41) is 7.87. The Balaban J connectivity index is 1.85. The van der Waals surface area contributed by atoms with Crippen LogP contribution in [0.3, 0.4) is 0 Å². The maximum absolute atomic E-state index is 15.3. The maximum Gasteiger partial charge on any atom is 0.235 e. The molecule has 1 amide bonds. The average Bonchev–Trinajstić information content (AvgIpc) is 2.93. The molecule has 224 valence electrons. The lowest BCUT2D eigenvalue weighted by Gasteiger charge is -2.45. The number of hydrogen-bond acceptors (Lipinski definition) is 7. The van der Waals surface area contributed by atoms with Crippen molar-refractivity contribution in [2.45, 2.75) is 61.6 Å². The first kappa shape index (κ1) is 34.7. The van der Waals surface area contributed by atoms with Crippen LogP contribution in [0.4, 0.5) is 10.1 Å². The molecular weight excluding hydrogens is 540 g/mol. The highest BCUT2D eigenvalue weighted by atomic mass is 19.1. The minimum atomic E-state index is -0.819. The molecule has 4 unspecified atom stereocenters. The molecule has 2 aromatic rings. The van der Waals surface area contributed by atoms with Crippen molar-refractivity contribution in [1.29, 1.82) is 0 Å². The number of amides is 1. The standard InChI is InChI=1S/C28H43B6FN4O4/c1-15-11-39(12-16(2)43-15)13-17-7-8-18(20(35)9-17)10-37-21-6-4-5-19(25(30)41)22(21)24(29)38-23(26(42)36-3)28(33,34)27(31,32)14-40/h4-9,14-16,23-24,37-38H,10-13,29-34H2,1-3H3,(H,36,42). The minimum Gasteiger partial charge on any atom is -0.381 e. The van der Waals surface area contributed by atoms with Crippen molar-refractivity contribution >= 4 is 70.6 Å². The summed E-state index contributed by atoms with van der Waals surface area (Å²) in [6.45, 7) is 6.58. The van der Waals surface area contributed by atoms with Gasteiger partial charge in [0.05, 0.1) is 18.2 Å². The molecule has 1 fully saturated rings. The van der Waals surface area contributed by atoms with Gasteiger partial charge in [-0.3, -0.25) is 9.69 Å². The first-order valence-electron chi connectivity index (χ1n) is 15.1. The summed E-state index contributed by atoms with van der Waals surface area (Å²) in [5.41, 5.74) is 3.12. The van der Waals surface area contributed by atoms with Gasteiger partial charge in [-0.1, -0.05) is 29.5 Å². The summed E-state index contributed by atoms with van der Waals surface area (Å²) >= 11 is 0. The Labute approximate surface area is 260 Å². The van der Waals surface area contributed by atoms with E-state index in [-0.39, 0.29) is 36.2 Å². The molecule has 2 aromatic carbocycles. The zero-order chi connectivity index (χ0) is 32.1. The quantitative estimate of drug-likeness (QED) is 0.172. The lowest BCUT2D eigenvalue weighted by Crippen LogP contribution is -2.57. The molecule has 0 aromatic heterocycles. The second-order valence-electron chi connectivity index (χ2n) is 13.1. The van der Waals surface area contributed by atoms with Gasteiger partial charge >= 0.3 is 0 Å². The van der Waals surface area contributed by atoms with E-state index in [2.05, 4.69) is 34.7 Å². The first-order valence-corrected chi connectivity index (χ1v) is 15.1. The van der Waals surface area contributed by atoms with Crippen molar-refractivity contribution in [3.8, 4) is 0 Å². The predicted molar refractivity (Wildman–Crippen MR) is 186 cm³/mol. The highest BCUT2D eigenvalue weighted by Gasteiger charge is 2.46. The molecule has 1 aliphatic heterocycles. The Hall–Kier alpha value is -2.75.